The number of thioether (sulfide) groups is 1. The standard InChI is InChI=1S/C23H25N3O2S/c1-16-20(13-18-9-5-3-6-10-18)26-23(24-16)29-15-22(28)25-21(17(2)27)14-19-11-7-4-8-12-19/h3-12,21H,13-15H2,1-2H3,(H,24,26)(H,25,28)/t21-/m0/s1. The normalized spacial score (nSPS) is 11.8. The number of aromatic amines is 1. The van der Waals surface area contributed by atoms with Crippen LogP contribution >= 0.6 is 11.8 Å². The Balaban J connectivity index is 1.54. The zero-order valence-corrected chi connectivity index (χ0v) is 17.5. The summed E-state index contributed by atoms with van der Waals surface area (Å²) in [6.45, 7) is 3.49. The smallest absolute Gasteiger partial charge is 0.231 e. The van der Waals surface area contributed by atoms with Gasteiger partial charge in [0.1, 0.15) is 0 Å². The molecular weight excluding hydrogens is 382 g/mol. The Morgan fingerprint density at radius 2 is 1.66 bits per heavy atom. The van der Waals surface area contributed by atoms with Crippen molar-refractivity contribution in [3.05, 3.63) is 83.2 Å². The van der Waals surface area contributed by atoms with E-state index in [9.17, 15) is 9.59 Å². The zero-order valence-electron chi connectivity index (χ0n) is 16.6. The third-order valence-corrected chi connectivity index (χ3v) is 5.50. The summed E-state index contributed by atoms with van der Waals surface area (Å²) in [5.41, 5.74) is 4.20. The van der Waals surface area contributed by atoms with Crippen LogP contribution in [0.5, 0.6) is 0 Å². The highest BCUT2D eigenvalue weighted by Crippen LogP contribution is 2.19. The Hall–Kier alpha value is -2.86. The molecule has 0 aliphatic heterocycles. The molecule has 6 heteroatoms. The molecule has 29 heavy (non-hydrogen) atoms. The number of hydrogen-bond donors (Lipinski definition) is 2. The highest BCUT2D eigenvalue weighted by molar-refractivity contribution is 7.99. The number of H-pyrrole nitrogens is 1. The third-order valence-electron chi connectivity index (χ3n) is 4.63. The summed E-state index contributed by atoms with van der Waals surface area (Å²) in [5, 5.41) is 3.56. The molecule has 0 saturated heterocycles. The lowest BCUT2D eigenvalue weighted by atomic mass is 10.0. The van der Waals surface area contributed by atoms with E-state index in [2.05, 4.69) is 27.4 Å². The lowest BCUT2D eigenvalue weighted by Gasteiger charge is -2.15. The number of carbonyl (C=O) groups excluding carboxylic acids is 2. The minimum absolute atomic E-state index is 0.0498. The average Bonchev–Trinajstić information content (AvgIpc) is 3.07. The fourth-order valence-electron chi connectivity index (χ4n) is 3.01. The second-order valence-corrected chi connectivity index (χ2v) is 7.95. The number of nitrogens with zero attached hydrogens (tertiary/aromatic N) is 1. The number of rotatable bonds is 9. The van der Waals surface area contributed by atoms with Crippen LogP contribution in [0.4, 0.5) is 0 Å². The van der Waals surface area contributed by atoms with Crippen molar-refractivity contribution in [3.63, 3.8) is 0 Å². The third kappa shape index (κ3) is 6.32. The number of imidazole rings is 1. The van der Waals surface area contributed by atoms with Crippen LogP contribution in [0.1, 0.15) is 29.4 Å². The molecular formula is C23H25N3O2S. The Labute approximate surface area is 175 Å². The molecule has 2 N–H and O–H groups in total. The van der Waals surface area contributed by atoms with E-state index < -0.39 is 6.04 Å². The number of aryl methyl sites for hydroxylation is 1. The molecule has 0 bridgehead atoms. The van der Waals surface area contributed by atoms with Crippen molar-refractivity contribution < 1.29 is 9.59 Å². The molecule has 1 heterocycles. The van der Waals surface area contributed by atoms with Gasteiger partial charge < -0.3 is 10.3 Å². The summed E-state index contributed by atoms with van der Waals surface area (Å²) < 4.78 is 0. The molecule has 0 aliphatic rings. The first-order chi connectivity index (χ1) is 14.0. The molecule has 1 amide bonds. The second-order valence-electron chi connectivity index (χ2n) is 6.99. The minimum atomic E-state index is -0.516. The first-order valence-electron chi connectivity index (χ1n) is 9.57. The lowest BCUT2D eigenvalue weighted by molar-refractivity contribution is -0.125. The fraction of sp³-hybridized carbons (Fsp3) is 0.261. The predicted octanol–water partition coefficient (Wildman–Crippen LogP) is 3.72. The molecule has 0 radical (unpaired) electrons. The topological polar surface area (TPSA) is 74.8 Å². The van der Waals surface area contributed by atoms with Gasteiger partial charge in [0.15, 0.2) is 10.9 Å². The van der Waals surface area contributed by atoms with Crippen molar-refractivity contribution in [1.29, 1.82) is 0 Å². The zero-order chi connectivity index (χ0) is 20.6. The van der Waals surface area contributed by atoms with Gasteiger partial charge in [0, 0.05) is 12.1 Å². The van der Waals surface area contributed by atoms with Crippen LogP contribution in [-0.2, 0) is 22.4 Å². The average molecular weight is 408 g/mol. The van der Waals surface area contributed by atoms with Crippen molar-refractivity contribution >= 4 is 23.5 Å². The number of aromatic nitrogens is 2. The van der Waals surface area contributed by atoms with Gasteiger partial charge in [-0.25, -0.2) is 4.98 Å². The van der Waals surface area contributed by atoms with E-state index >= 15 is 0 Å². The van der Waals surface area contributed by atoms with E-state index in [1.54, 1.807) is 0 Å². The first kappa shape index (κ1) is 20.9. The SMILES string of the molecule is CC(=O)[C@H](Cc1ccccc1)NC(=O)CSc1nc(Cc2ccccc2)c(C)[nH]1. The molecule has 0 saturated carbocycles. The highest BCUT2D eigenvalue weighted by Gasteiger charge is 2.18. The van der Waals surface area contributed by atoms with E-state index in [0.29, 0.717) is 11.6 Å². The minimum Gasteiger partial charge on any atom is -0.345 e. The molecule has 5 nitrogen and oxygen atoms in total. The highest BCUT2D eigenvalue weighted by atomic mass is 32.2. The van der Waals surface area contributed by atoms with Crippen LogP contribution in [0.3, 0.4) is 0 Å². The first-order valence-corrected chi connectivity index (χ1v) is 10.6. The van der Waals surface area contributed by atoms with Crippen molar-refractivity contribution in [3.8, 4) is 0 Å². The number of benzene rings is 2. The molecule has 150 valence electrons. The summed E-state index contributed by atoms with van der Waals surface area (Å²) in [5.74, 6) is -0.0213. The van der Waals surface area contributed by atoms with Gasteiger partial charge in [0.25, 0.3) is 0 Å². The second kappa shape index (κ2) is 10.1. The molecule has 0 fully saturated rings. The maximum Gasteiger partial charge on any atom is 0.231 e. The van der Waals surface area contributed by atoms with Crippen LogP contribution < -0.4 is 5.32 Å². The number of hydrogen-bond acceptors (Lipinski definition) is 4. The molecule has 1 atom stereocenters. The van der Waals surface area contributed by atoms with Gasteiger partial charge in [0.2, 0.25) is 5.91 Å². The van der Waals surface area contributed by atoms with Gasteiger partial charge in [-0.05, 0) is 31.4 Å². The number of Topliss-reactive ketones (excluding diaryl/α,β-unsaturated/α-hetero) is 1. The van der Waals surface area contributed by atoms with Crippen LogP contribution in [0, 0.1) is 6.92 Å². The van der Waals surface area contributed by atoms with Crippen molar-refractivity contribution in [1.82, 2.24) is 15.3 Å². The molecule has 1 aromatic heterocycles. The summed E-state index contributed by atoms with van der Waals surface area (Å²) in [6.07, 6.45) is 1.24. The monoisotopic (exact) mass is 407 g/mol. The van der Waals surface area contributed by atoms with E-state index in [1.807, 2.05) is 55.5 Å². The van der Waals surface area contributed by atoms with Gasteiger partial charge in [-0.2, -0.15) is 0 Å². The molecule has 2 aromatic carbocycles. The summed E-state index contributed by atoms with van der Waals surface area (Å²) in [4.78, 5) is 32.2. The van der Waals surface area contributed by atoms with E-state index in [-0.39, 0.29) is 17.4 Å². The van der Waals surface area contributed by atoms with Gasteiger partial charge in [-0.1, -0.05) is 72.4 Å². The van der Waals surface area contributed by atoms with E-state index in [0.717, 1.165) is 23.4 Å². The van der Waals surface area contributed by atoms with E-state index in [1.165, 1.54) is 24.2 Å². The predicted molar refractivity (Wildman–Crippen MR) is 116 cm³/mol. The Bertz CT molecular complexity index is 955. The Morgan fingerprint density at radius 1 is 1.03 bits per heavy atom. The maximum atomic E-state index is 12.4. The molecule has 3 aromatic rings. The maximum absolute atomic E-state index is 12.4. The van der Waals surface area contributed by atoms with Crippen molar-refractivity contribution in [2.45, 2.75) is 37.9 Å². The molecule has 0 unspecified atom stereocenters. The van der Waals surface area contributed by atoms with Gasteiger partial charge in [-0.3, -0.25) is 9.59 Å². The fourth-order valence-corrected chi connectivity index (χ4v) is 3.76. The quantitative estimate of drug-likeness (QED) is 0.530. The largest absolute Gasteiger partial charge is 0.345 e. The lowest BCUT2D eigenvalue weighted by Crippen LogP contribution is -2.42. The van der Waals surface area contributed by atoms with Crippen molar-refractivity contribution in [2.24, 2.45) is 0 Å². The van der Waals surface area contributed by atoms with Crippen LogP contribution in [0.2, 0.25) is 0 Å². The number of ketones is 1. The molecule has 3 rings (SSSR count). The molecule has 0 spiro atoms. The van der Waals surface area contributed by atoms with Crippen LogP contribution in [0.15, 0.2) is 65.8 Å². The summed E-state index contributed by atoms with van der Waals surface area (Å²) >= 11 is 1.34. The number of amides is 1. The Morgan fingerprint density at radius 3 is 2.28 bits per heavy atom. The Kier molecular flexibility index (Phi) is 7.25. The number of nitrogens with one attached hydrogen (secondary N) is 2. The van der Waals surface area contributed by atoms with Gasteiger partial charge in [0.05, 0.1) is 17.5 Å². The van der Waals surface area contributed by atoms with E-state index in [4.69, 9.17) is 0 Å². The van der Waals surface area contributed by atoms with Crippen molar-refractivity contribution in [2.75, 3.05) is 5.75 Å². The van der Waals surface area contributed by atoms with Crippen LogP contribution in [-0.4, -0.2) is 33.5 Å². The van der Waals surface area contributed by atoms with Gasteiger partial charge in [-0.15, -0.1) is 0 Å². The number of carbonyl (C=O) groups is 2. The van der Waals surface area contributed by atoms with Crippen LogP contribution in [0.25, 0.3) is 0 Å². The summed E-state index contributed by atoms with van der Waals surface area (Å²) in [7, 11) is 0. The van der Waals surface area contributed by atoms with Gasteiger partial charge >= 0.3 is 0 Å². The molecule has 0 aliphatic carbocycles. The summed E-state index contributed by atoms with van der Waals surface area (Å²) in [6, 6.07) is 19.3.